The van der Waals surface area contributed by atoms with Gasteiger partial charge < -0.3 is 5.32 Å². The summed E-state index contributed by atoms with van der Waals surface area (Å²) in [7, 11) is 0. The molecule has 17 heavy (non-hydrogen) atoms. The van der Waals surface area contributed by atoms with Crippen molar-refractivity contribution in [2.24, 2.45) is 5.92 Å². The molecule has 1 N–H and O–H groups in total. The predicted octanol–water partition coefficient (Wildman–Crippen LogP) is 4.68. The van der Waals surface area contributed by atoms with E-state index in [9.17, 15) is 13.2 Å². The maximum absolute atomic E-state index is 12.7. The number of benzene rings is 1. The first-order valence-corrected chi connectivity index (χ1v) is 6.29. The highest BCUT2D eigenvalue weighted by Crippen LogP contribution is 2.37. The molecule has 2 rings (SSSR count). The van der Waals surface area contributed by atoms with Crippen molar-refractivity contribution in [1.82, 2.24) is 0 Å². The van der Waals surface area contributed by atoms with Crippen LogP contribution in [0.1, 0.15) is 25.3 Å². The van der Waals surface area contributed by atoms with Gasteiger partial charge >= 0.3 is 6.18 Å². The lowest BCUT2D eigenvalue weighted by Gasteiger charge is -2.34. The molecule has 94 valence electrons. The molecule has 0 bridgehead atoms. The van der Waals surface area contributed by atoms with Crippen molar-refractivity contribution in [1.29, 1.82) is 0 Å². The van der Waals surface area contributed by atoms with E-state index < -0.39 is 11.7 Å². The molecule has 1 aliphatic rings. The van der Waals surface area contributed by atoms with E-state index in [0.29, 0.717) is 17.6 Å². The Labute approximate surface area is 107 Å². The number of alkyl halides is 3. The first-order valence-electron chi connectivity index (χ1n) is 5.49. The van der Waals surface area contributed by atoms with Crippen LogP contribution in [-0.2, 0) is 6.18 Å². The van der Waals surface area contributed by atoms with Crippen molar-refractivity contribution >= 4 is 21.6 Å². The monoisotopic (exact) mass is 307 g/mol. The summed E-state index contributed by atoms with van der Waals surface area (Å²) >= 11 is 2.93. The normalized spacial score (nSPS) is 24.3. The van der Waals surface area contributed by atoms with Crippen LogP contribution in [0.25, 0.3) is 0 Å². The third-order valence-corrected chi connectivity index (χ3v) is 3.71. The van der Waals surface area contributed by atoms with Crippen LogP contribution in [0.3, 0.4) is 0 Å². The van der Waals surface area contributed by atoms with Crippen molar-refractivity contribution in [2.45, 2.75) is 32.0 Å². The van der Waals surface area contributed by atoms with E-state index in [4.69, 9.17) is 0 Å². The van der Waals surface area contributed by atoms with Crippen molar-refractivity contribution in [3.8, 4) is 0 Å². The van der Waals surface area contributed by atoms with Crippen molar-refractivity contribution < 1.29 is 13.2 Å². The number of anilines is 1. The Morgan fingerprint density at radius 1 is 1.29 bits per heavy atom. The number of nitrogens with one attached hydrogen (secondary N) is 1. The fourth-order valence-electron chi connectivity index (χ4n) is 2.09. The molecule has 0 aliphatic heterocycles. The summed E-state index contributed by atoms with van der Waals surface area (Å²) < 4.78 is 38.1. The molecule has 0 aromatic heterocycles. The van der Waals surface area contributed by atoms with Crippen molar-refractivity contribution in [3.63, 3.8) is 0 Å². The van der Waals surface area contributed by atoms with Crippen LogP contribution < -0.4 is 5.32 Å². The summed E-state index contributed by atoms with van der Waals surface area (Å²) in [4.78, 5) is 0. The van der Waals surface area contributed by atoms with Gasteiger partial charge in [-0.25, -0.2) is 0 Å². The zero-order valence-electron chi connectivity index (χ0n) is 9.31. The fourth-order valence-corrected chi connectivity index (χ4v) is 2.56. The molecule has 0 spiro atoms. The van der Waals surface area contributed by atoms with Gasteiger partial charge in [-0.1, -0.05) is 22.9 Å². The van der Waals surface area contributed by atoms with Gasteiger partial charge in [-0.3, -0.25) is 0 Å². The summed E-state index contributed by atoms with van der Waals surface area (Å²) in [6, 6.07) is 4.58. The third-order valence-electron chi connectivity index (χ3n) is 3.02. The van der Waals surface area contributed by atoms with E-state index in [1.807, 2.05) is 0 Å². The van der Waals surface area contributed by atoms with E-state index in [1.54, 1.807) is 6.07 Å². The second kappa shape index (κ2) is 4.52. The van der Waals surface area contributed by atoms with Gasteiger partial charge in [0.05, 0.1) is 5.56 Å². The number of hydrogen-bond acceptors (Lipinski definition) is 1. The zero-order chi connectivity index (χ0) is 12.6. The second-order valence-corrected chi connectivity index (χ2v) is 5.46. The zero-order valence-corrected chi connectivity index (χ0v) is 10.9. The summed E-state index contributed by atoms with van der Waals surface area (Å²) in [5.41, 5.74) is -0.0905. The lowest BCUT2D eigenvalue weighted by molar-refractivity contribution is -0.138. The molecule has 0 amide bonds. The maximum Gasteiger partial charge on any atom is 0.417 e. The molecule has 1 aromatic carbocycles. The molecule has 1 nitrogen and oxygen atoms in total. The van der Waals surface area contributed by atoms with Crippen LogP contribution in [-0.4, -0.2) is 6.04 Å². The smallest absolute Gasteiger partial charge is 0.382 e. The van der Waals surface area contributed by atoms with E-state index in [-0.39, 0.29) is 4.47 Å². The molecule has 0 saturated heterocycles. The van der Waals surface area contributed by atoms with E-state index >= 15 is 0 Å². The van der Waals surface area contributed by atoms with Gasteiger partial charge in [0.2, 0.25) is 0 Å². The van der Waals surface area contributed by atoms with Crippen molar-refractivity contribution in [2.75, 3.05) is 5.32 Å². The van der Waals surface area contributed by atoms with Gasteiger partial charge in [-0.05, 0) is 37.0 Å². The minimum absolute atomic E-state index is 0.0810. The van der Waals surface area contributed by atoms with Crippen LogP contribution >= 0.6 is 15.9 Å². The van der Waals surface area contributed by atoms with Crippen LogP contribution in [0.4, 0.5) is 18.9 Å². The van der Waals surface area contributed by atoms with E-state index in [2.05, 4.69) is 28.2 Å². The SMILES string of the molecule is CC1CC(Nc2ccc(Br)c(C(F)(F)F)c2)C1. The van der Waals surface area contributed by atoms with Gasteiger partial charge in [-0.15, -0.1) is 0 Å². The fraction of sp³-hybridized carbons (Fsp3) is 0.500. The molecule has 1 fully saturated rings. The summed E-state index contributed by atoms with van der Waals surface area (Å²) in [5.74, 6) is 0.671. The molecular weight excluding hydrogens is 295 g/mol. The quantitative estimate of drug-likeness (QED) is 0.836. The largest absolute Gasteiger partial charge is 0.417 e. The van der Waals surface area contributed by atoms with Gasteiger partial charge in [0.15, 0.2) is 0 Å². The van der Waals surface area contributed by atoms with Crippen LogP contribution in [0.15, 0.2) is 22.7 Å². The van der Waals surface area contributed by atoms with Gasteiger partial charge in [0, 0.05) is 16.2 Å². The lowest BCUT2D eigenvalue weighted by Crippen LogP contribution is -2.33. The van der Waals surface area contributed by atoms with E-state index in [0.717, 1.165) is 18.9 Å². The molecule has 0 atom stereocenters. The average Bonchev–Trinajstić information content (AvgIpc) is 2.16. The molecule has 1 saturated carbocycles. The average molecular weight is 308 g/mol. The van der Waals surface area contributed by atoms with Gasteiger partial charge in [0.25, 0.3) is 0 Å². The second-order valence-electron chi connectivity index (χ2n) is 4.61. The highest BCUT2D eigenvalue weighted by atomic mass is 79.9. The lowest BCUT2D eigenvalue weighted by atomic mass is 9.82. The first kappa shape index (κ1) is 12.7. The minimum atomic E-state index is -4.32. The van der Waals surface area contributed by atoms with Crippen LogP contribution in [0.2, 0.25) is 0 Å². The Morgan fingerprint density at radius 3 is 2.47 bits per heavy atom. The van der Waals surface area contributed by atoms with Crippen molar-refractivity contribution in [3.05, 3.63) is 28.2 Å². The van der Waals surface area contributed by atoms with Gasteiger partial charge in [-0.2, -0.15) is 13.2 Å². The Hall–Kier alpha value is -0.710. The summed E-state index contributed by atoms with van der Waals surface area (Å²) in [5, 5.41) is 3.13. The highest BCUT2D eigenvalue weighted by molar-refractivity contribution is 9.10. The molecule has 0 unspecified atom stereocenters. The predicted molar refractivity (Wildman–Crippen MR) is 65.0 cm³/mol. The molecule has 0 radical (unpaired) electrons. The number of hydrogen-bond donors (Lipinski definition) is 1. The highest BCUT2D eigenvalue weighted by Gasteiger charge is 2.33. The Kier molecular flexibility index (Phi) is 3.39. The molecule has 1 aliphatic carbocycles. The number of rotatable bonds is 2. The molecule has 1 aromatic rings. The Bertz CT molecular complexity index is 411. The van der Waals surface area contributed by atoms with Crippen LogP contribution in [0, 0.1) is 5.92 Å². The molecular formula is C12H13BrF3N. The molecule has 5 heteroatoms. The third kappa shape index (κ3) is 2.94. The standard InChI is InChI=1S/C12H13BrF3N/c1-7-4-9(5-7)17-8-2-3-11(13)10(6-8)12(14,15)16/h2-3,6-7,9,17H,4-5H2,1H3. The topological polar surface area (TPSA) is 12.0 Å². The van der Waals surface area contributed by atoms with Gasteiger partial charge in [0.1, 0.15) is 0 Å². The molecule has 0 heterocycles. The number of halogens is 4. The van der Waals surface area contributed by atoms with E-state index in [1.165, 1.54) is 6.07 Å². The Morgan fingerprint density at radius 2 is 1.94 bits per heavy atom. The minimum Gasteiger partial charge on any atom is -0.382 e. The Balaban J connectivity index is 2.14. The first-order chi connectivity index (χ1) is 7.86. The van der Waals surface area contributed by atoms with Crippen LogP contribution in [0.5, 0.6) is 0 Å². The summed E-state index contributed by atoms with van der Waals surface area (Å²) in [6.45, 7) is 2.14. The summed E-state index contributed by atoms with van der Waals surface area (Å²) in [6.07, 6.45) is -2.27. The maximum atomic E-state index is 12.7.